The van der Waals surface area contributed by atoms with Crippen LogP contribution in [0.4, 0.5) is 0 Å². The normalized spacial score (nSPS) is 30.1. The van der Waals surface area contributed by atoms with Gasteiger partial charge in [-0.05, 0) is 38.5 Å². The van der Waals surface area contributed by atoms with Crippen molar-refractivity contribution in [2.75, 3.05) is 13.1 Å². The number of nitrogens with zero attached hydrogens (tertiary/aromatic N) is 1. The van der Waals surface area contributed by atoms with Crippen LogP contribution < -0.4 is 5.73 Å². The van der Waals surface area contributed by atoms with Crippen LogP contribution in [0, 0.1) is 11.8 Å². The predicted octanol–water partition coefficient (Wildman–Crippen LogP) is 2.01. The van der Waals surface area contributed by atoms with Gasteiger partial charge in [-0.2, -0.15) is 0 Å². The Kier molecular flexibility index (Phi) is 5.26. The molecule has 3 unspecified atom stereocenters. The molecule has 0 radical (unpaired) electrons. The minimum Gasteiger partial charge on any atom is -0.343 e. The molecule has 1 fully saturated rings. The molecule has 2 N–H and O–H groups in total. The van der Waals surface area contributed by atoms with Gasteiger partial charge in [0.15, 0.2) is 0 Å². The first-order valence-electron chi connectivity index (χ1n) is 6.64. The lowest BCUT2D eigenvalue weighted by atomic mass is 9.78. The molecule has 3 heteroatoms. The molecule has 1 aliphatic carbocycles. The van der Waals surface area contributed by atoms with E-state index in [0.29, 0.717) is 5.92 Å². The number of hydrogen-bond donors (Lipinski definition) is 1. The molecule has 0 saturated heterocycles. The molecule has 0 heterocycles. The number of nitrogens with two attached hydrogens (primary N) is 1. The van der Waals surface area contributed by atoms with Gasteiger partial charge in [-0.3, -0.25) is 4.79 Å². The van der Waals surface area contributed by atoms with E-state index in [-0.39, 0.29) is 17.9 Å². The van der Waals surface area contributed by atoms with Gasteiger partial charge in [-0.25, -0.2) is 0 Å². The van der Waals surface area contributed by atoms with E-state index in [1.165, 1.54) is 6.42 Å². The Bertz CT molecular complexity index is 230. The van der Waals surface area contributed by atoms with Gasteiger partial charge in [0.25, 0.3) is 0 Å². The van der Waals surface area contributed by atoms with Gasteiger partial charge in [-0.1, -0.05) is 13.8 Å². The van der Waals surface area contributed by atoms with Crippen LogP contribution in [0.1, 0.15) is 46.5 Å². The lowest BCUT2D eigenvalue weighted by Gasteiger charge is -2.35. The maximum absolute atomic E-state index is 12.3. The summed E-state index contributed by atoms with van der Waals surface area (Å²) in [7, 11) is 0. The second-order valence-electron chi connectivity index (χ2n) is 5.11. The summed E-state index contributed by atoms with van der Waals surface area (Å²) >= 11 is 0. The minimum absolute atomic E-state index is 0.0650. The van der Waals surface area contributed by atoms with Crippen molar-refractivity contribution < 1.29 is 4.79 Å². The third kappa shape index (κ3) is 3.21. The summed E-state index contributed by atoms with van der Waals surface area (Å²) in [5.74, 6) is 0.993. The molecule has 0 spiro atoms. The molecule has 16 heavy (non-hydrogen) atoms. The maximum Gasteiger partial charge on any atom is 0.227 e. The fraction of sp³-hybridized carbons (Fsp3) is 0.923. The largest absolute Gasteiger partial charge is 0.343 e. The highest BCUT2D eigenvalue weighted by atomic mass is 16.2. The van der Waals surface area contributed by atoms with E-state index >= 15 is 0 Å². The summed E-state index contributed by atoms with van der Waals surface area (Å²) in [6.07, 6.45) is 4.17. The van der Waals surface area contributed by atoms with Crippen molar-refractivity contribution in [1.29, 1.82) is 0 Å². The monoisotopic (exact) mass is 226 g/mol. The molecule has 0 aromatic carbocycles. The van der Waals surface area contributed by atoms with E-state index in [1.807, 2.05) is 11.8 Å². The highest BCUT2D eigenvalue weighted by Crippen LogP contribution is 2.29. The minimum atomic E-state index is 0.0650. The Balaban J connectivity index is 2.62. The van der Waals surface area contributed by atoms with E-state index in [0.717, 1.165) is 32.4 Å². The number of carbonyl (C=O) groups excluding carboxylic acids is 1. The van der Waals surface area contributed by atoms with Crippen LogP contribution in [-0.4, -0.2) is 29.9 Å². The number of amides is 1. The Morgan fingerprint density at radius 1 is 1.38 bits per heavy atom. The van der Waals surface area contributed by atoms with E-state index < -0.39 is 0 Å². The Hall–Kier alpha value is -0.570. The van der Waals surface area contributed by atoms with Crippen molar-refractivity contribution >= 4 is 5.91 Å². The lowest BCUT2D eigenvalue weighted by Crippen LogP contribution is -2.47. The molecule has 3 atom stereocenters. The molecule has 0 aromatic heterocycles. The Morgan fingerprint density at radius 2 is 2.06 bits per heavy atom. The topological polar surface area (TPSA) is 46.3 Å². The van der Waals surface area contributed by atoms with Crippen molar-refractivity contribution in [3.8, 4) is 0 Å². The zero-order valence-corrected chi connectivity index (χ0v) is 10.9. The van der Waals surface area contributed by atoms with Crippen LogP contribution >= 0.6 is 0 Å². The molecule has 0 aliphatic heterocycles. The van der Waals surface area contributed by atoms with Crippen LogP contribution in [0.25, 0.3) is 0 Å². The highest BCUT2D eigenvalue weighted by molar-refractivity contribution is 5.79. The van der Waals surface area contributed by atoms with Crippen LogP contribution in [-0.2, 0) is 4.79 Å². The zero-order chi connectivity index (χ0) is 12.1. The first-order valence-corrected chi connectivity index (χ1v) is 6.64. The molecule has 1 rings (SSSR count). The van der Waals surface area contributed by atoms with Gasteiger partial charge in [0.1, 0.15) is 0 Å². The molecular weight excluding hydrogens is 200 g/mol. The second kappa shape index (κ2) is 6.24. The van der Waals surface area contributed by atoms with Gasteiger partial charge in [0, 0.05) is 19.1 Å². The third-order valence-electron chi connectivity index (χ3n) is 3.67. The second-order valence-corrected chi connectivity index (χ2v) is 5.11. The fourth-order valence-electron chi connectivity index (χ4n) is 2.62. The van der Waals surface area contributed by atoms with Crippen molar-refractivity contribution in [1.82, 2.24) is 4.90 Å². The standard InChI is InChI=1S/C13H26N2O/c1-4-8-15(5-2)13(16)11-9-10(3)6-7-12(11)14/h10-12H,4-9,14H2,1-3H3. The van der Waals surface area contributed by atoms with Crippen molar-refractivity contribution in [3.05, 3.63) is 0 Å². The average Bonchev–Trinajstić information content (AvgIpc) is 2.28. The van der Waals surface area contributed by atoms with Gasteiger partial charge in [0.2, 0.25) is 5.91 Å². The zero-order valence-electron chi connectivity index (χ0n) is 10.9. The molecule has 0 bridgehead atoms. The summed E-state index contributed by atoms with van der Waals surface area (Å²) in [5.41, 5.74) is 6.08. The SMILES string of the molecule is CCCN(CC)C(=O)C1CC(C)CCC1N. The average molecular weight is 226 g/mol. The van der Waals surface area contributed by atoms with Crippen molar-refractivity contribution in [2.45, 2.75) is 52.5 Å². The molecule has 94 valence electrons. The highest BCUT2D eigenvalue weighted by Gasteiger charge is 2.33. The Labute approximate surface area is 99.4 Å². The summed E-state index contributed by atoms with van der Waals surface area (Å²) < 4.78 is 0. The van der Waals surface area contributed by atoms with Gasteiger partial charge < -0.3 is 10.6 Å². The van der Waals surface area contributed by atoms with Crippen molar-refractivity contribution in [2.24, 2.45) is 17.6 Å². The van der Waals surface area contributed by atoms with E-state index in [1.54, 1.807) is 0 Å². The van der Waals surface area contributed by atoms with Crippen molar-refractivity contribution in [3.63, 3.8) is 0 Å². The summed E-state index contributed by atoms with van der Waals surface area (Å²) in [6.45, 7) is 8.06. The first kappa shape index (κ1) is 13.5. The van der Waals surface area contributed by atoms with Gasteiger partial charge in [-0.15, -0.1) is 0 Å². The first-order chi connectivity index (χ1) is 7.60. The molecule has 0 aromatic rings. The van der Waals surface area contributed by atoms with E-state index in [9.17, 15) is 4.79 Å². The molecule has 3 nitrogen and oxygen atoms in total. The quantitative estimate of drug-likeness (QED) is 0.797. The van der Waals surface area contributed by atoms with E-state index in [2.05, 4.69) is 13.8 Å². The predicted molar refractivity (Wildman–Crippen MR) is 67.0 cm³/mol. The van der Waals surface area contributed by atoms with Crippen LogP contribution in [0.2, 0.25) is 0 Å². The number of hydrogen-bond acceptors (Lipinski definition) is 2. The Morgan fingerprint density at radius 3 is 2.62 bits per heavy atom. The van der Waals surface area contributed by atoms with Gasteiger partial charge in [0.05, 0.1) is 5.92 Å². The summed E-state index contributed by atoms with van der Waals surface area (Å²) in [4.78, 5) is 14.3. The number of carbonyl (C=O) groups is 1. The third-order valence-corrected chi connectivity index (χ3v) is 3.67. The summed E-state index contributed by atoms with van der Waals surface area (Å²) in [5, 5.41) is 0. The molecule has 1 amide bonds. The van der Waals surface area contributed by atoms with Crippen LogP contribution in [0.15, 0.2) is 0 Å². The summed E-state index contributed by atoms with van der Waals surface area (Å²) in [6, 6.07) is 0.0783. The van der Waals surface area contributed by atoms with E-state index in [4.69, 9.17) is 5.73 Å². The fourth-order valence-corrected chi connectivity index (χ4v) is 2.62. The molecular formula is C13H26N2O. The number of rotatable bonds is 4. The lowest BCUT2D eigenvalue weighted by molar-refractivity contribution is -0.137. The van der Waals surface area contributed by atoms with Crippen LogP contribution in [0.3, 0.4) is 0 Å². The van der Waals surface area contributed by atoms with Crippen LogP contribution in [0.5, 0.6) is 0 Å². The smallest absolute Gasteiger partial charge is 0.227 e. The van der Waals surface area contributed by atoms with Gasteiger partial charge >= 0.3 is 0 Å². The molecule has 1 saturated carbocycles. The molecule has 1 aliphatic rings. The maximum atomic E-state index is 12.3.